The van der Waals surface area contributed by atoms with Crippen molar-refractivity contribution in [3.63, 3.8) is 0 Å². The standard InChI is InChI=1S/C21H32FN7O.HI/c1-15-5-6-18(13-19(15)22)16(2)25-21(23-7-8-29-9-11-30-12-10-29)24-14-20-27-26-17(3)28(20)4;/h5-6,13,16H,7-12,14H2,1-4H3,(H2,23,24,25);1H. The van der Waals surface area contributed by atoms with Crippen LogP contribution in [0.25, 0.3) is 0 Å². The second-order valence-electron chi connectivity index (χ2n) is 7.64. The number of nitrogens with zero attached hydrogens (tertiary/aromatic N) is 5. The van der Waals surface area contributed by atoms with E-state index in [9.17, 15) is 4.39 Å². The van der Waals surface area contributed by atoms with Crippen molar-refractivity contribution in [2.45, 2.75) is 33.4 Å². The normalized spacial score (nSPS) is 16.0. The Morgan fingerprint density at radius 1 is 1.26 bits per heavy atom. The van der Waals surface area contributed by atoms with E-state index in [-0.39, 0.29) is 35.8 Å². The van der Waals surface area contributed by atoms with Crippen LogP contribution >= 0.6 is 24.0 Å². The van der Waals surface area contributed by atoms with Crippen molar-refractivity contribution in [2.24, 2.45) is 12.0 Å². The fourth-order valence-electron chi connectivity index (χ4n) is 3.22. The predicted molar refractivity (Wildman–Crippen MR) is 130 cm³/mol. The van der Waals surface area contributed by atoms with Gasteiger partial charge < -0.3 is 19.9 Å². The van der Waals surface area contributed by atoms with E-state index in [2.05, 4.69) is 25.7 Å². The number of hydrogen-bond acceptors (Lipinski definition) is 5. The summed E-state index contributed by atoms with van der Waals surface area (Å²) in [6.07, 6.45) is 0. The van der Waals surface area contributed by atoms with Gasteiger partial charge in [0.05, 0.1) is 19.3 Å². The van der Waals surface area contributed by atoms with Gasteiger partial charge in [0.25, 0.3) is 0 Å². The number of hydrogen-bond donors (Lipinski definition) is 2. The molecular weight excluding hydrogens is 512 g/mol. The van der Waals surface area contributed by atoms with Gasteiger partial charge in [0.15, 0.2) is 11.8 Å². The number of guanidine groups is 1. The highest BCUT2D eigenvalue weighted by molar-refractivity contribution is 14.0. The summed E-state index contributed by atoms with van der Waals surface area (Å²) in [5.41, 5.74) is 1.51. The number of nitrogens with one attached hydrogen (secondary N) is 2. The molecule has 10 heteroatoms. The highest BCUT2D eigenvalue weighted by Gasteiger charge is 2.13. The molecule has 1 fully saturated rings. The fraction of sp³-hybridized carbons (Fsp3) is 0.571. The topological polar surface area (TPSA) is 79.6 Å². The second kappa shape index (κ2) is 12.3. The predicted octanol–water partition coefficient (Wildman–Crippen LogP) is 2.32. The third-order valence-electron chi connectivity index (χ3n) is 5.43. The number of aliphatic imine (C=N–C) groups is 1. The van der Waals surface area contributed by atoms with Crippen LogP contribution in [0.4, 0.5) is 4.39 Å². The van der Waals surface area contributed by atoms with Crippen LogP contribution in [-0.4, -0.2) is 65.0 Å². The van der Waals surface area contributed by atoms with E-state index in [1.165, 1.54) is 0 Å². The van der Waals surface area contributed by atoms with Crippen molar-refractivity contribution in [1.29, 1.82) is 0 Å². The zero-order valence-electron chi connectivity index (χ0n) is 18.7. The Morgan fingerprint density at radius 2 is 2.00 bits per heavy atom. The molecule has 0 saturated carbocycles. The molecule has 31 heavy (non-hydrogen) atoms. The first-order chi connectivity index (χ1) is 14.4. The smallest absolute Gasteiger partial charge is 0.192 e. The Morgan fingerprint density at radius 3 is 2.65 bits per heavy atom. The van der Waals surface area contributed by atoms with E-state index >= 15 is 0 Å². The lowest BCUT2D eigenvalue weighted by Crippen LogP contribution is -2.45. The summed E-state index contributed by atoms with van der Waals surface area (Å²) >= 11 is 0. The van der Waals surface area contributed by atoms with Gasteiger partial charge in [0.2, 0.25) is 0 Å². The number of rotatable bonds is 7. The summed E-state index contributed by atoms with van der Waals surface area (Å²) in [7, 11) is 1.93. The van der Waals surface area contributed by atoms with Crippen LogP contribution in [0.1, 0.15) is 35.7 Å². The molecule has 2 heterocycles. The van der Waals surface area contributed by atoms with E-state index in [1.807, 2.05) is 31.5 Å². The maximum absolute atomic E-state index is 14.0. The molecule has 1 aliphatic rings. The summed E-state index contributed by atoms with van der Waals surface area (Å²) < 4.78 is 21.3. The van der Waals surface area contributed by atoms with E-state index < -0.39 is 0 Å². The molecule has 1 aliphatic heterocycles. The van der Waals surface area contributed by atoms with Gasteiger partial charge in [0, 0.05) is 33.2 Å². The molecular formula is C21H33FIN7O. The lowest BCUT2D eigenvalue weighted by molar-refractivity contribution is 0.0389. The molecule has 1 aromatic carbocycles. The van der Waals surface area contributed by atoms with Crippen LogP contribution in [0.5, 0.6) is 0 Å². The van der Waals surface area contributed by atoms with E-state index in [4.69, 9.17) is 9.73 Å². The van der Waals surface area contributed by atoms with E-state index in [1.54, 1.807) is 19.1 Å². The number of halogens is 2. The van der Waals surface area contributed by atoms with Gasteiger partial charge in [-0.3, -0.25) is 4.90 Å². The van der Waals surface area contributed by atoms with Crippen molar-refractivity contribution in [1.82, 2.24) is 30.3 Å². The molecule has 1 aromatic heterocycles. The average Bonchev–Trinajstić information content (AvgIpc) is 3.06. The van der Waals surface area contributed by atoms with Crippen LogP contribution in [0.2, 0.25) is 0 Å². The summed E-state index contributed by atoms with van der Waals surface area (Å²) in [5.74, 6) is 2.10. The zero-order valence-corrected chi connectivity index (χ0v) is 21.0. The van der Waals surface area contributed by atoms with Crippen LogP contribution in [0.15, 0.2) is 23.2 Å². The van der Waals surface area contributed by atoms with Gasteiger partial charge in [0.1, 0.15) is 18.2 Å². The van der Waals surface area contributed by atoms with Crippen LogP contribution in [0, 0.1) is 19.7 Å². The summed E-state index contributed by atoms with van der Waals surface area (Å²) in [6.45, 7) is 11.2. The maximum Gasteiger partial charge on any atom is 0.192 e. The lowest BCUT2D eigenvalue weighted by atomic mass is 10.1. The summed E-state index contributed by atoms with van der Waals surface area (Å²) in [6, 6.07) is 5.21. The molecule has 1 unspecified atom stereocenters. The summed E-state index contributed by atoms with van der Waals surface area (Å²) in [4.78, 5) is 7.05. The molecule has 0 bridgehead atoms. The molecule has 8 nitrogen and oxygen atoms in total. The third-order valence-corrected chi connectivity index (χ3v) is 5.43. The number of aryl methyl sites for hydroxylation is 2. The van der Waals surface area contributed by atoms with Gasteiger partial charge in [-0.05, 0) is 38.0 Å². The van der Waals surface area contributed by atoms with E-state index in [0.29, 0.717) is 18.1 Å². The molecule has 1 atom stereocenters. The SMILES string of the molecule is Cc1ccc(C(C)NC(=NCc2nnc(C)n2C)NCCN2CCOCC2)cc1F.I. The molecule has 0 radical (unpaired) electrons. The average molecular weight is 545 g/mol. The number of morpholine rings is 1. The van der Waals surface area contributed by atoms with Crippen LogP contribution < -0.4 is 10.6 Å². The molecule has 0 spiro atoms. The highest BCUT2D eigenvalue weighted by atomic mass is 127. The van der Waals surface area contributed by atoms with Crippen LogP contribution in [-0.2, 0) is 18.3 Å². The Kier molecular flexibility index (Phi) is 10.1. The molecule has 2 aromatic rings. The number of ether oxygens (including phenoxy) is 1. The lowest BCUT2D eigenvalue weighted by Gasteiger charge is -2.27. The number of benzene rings is 1. The molecule has 0 amide bonds. The first kappa shape index (κ1) is 25.5. The Balaban J connectivity index is 0.00000341. The van der Waals surface area contributed by atoms with Crippen molar-refractivity contribution in [3.8, 4) is 0 Å². The van der Waals surface area contributed by atoms with E-state index in [0.717, 1.165) is 56.6 Å². The third kappa shape index (κ3) is 7.39. The number of aromatic nitrogens is 3. The van der Waals surface area contributed by atoms with Crippen molar-refractivity contribution >= 4 is 29.9 Å². The Labute approximate surface area is 200 Å². The quantitative estimate of drug-likeness (QED) is 0.316. The first-order valence-electron chi connectivity index (χ1n) is 10.4. The van der Waals surface area contributed by atoms with Gasteiger partial charge >= 0.3 is 0 Å². The maximum atomic E-state index is 14.0. The Bertz CT molecular complexity index is 867. The van der Waals surface area contributed by atoms with Crippen molar-refractivity contribution in [2.75, 3.05) is 39.4 Å². The molecule has 3 rings (SSSR count). The summed E-state index contributed by atoms with van der Waals surface area (Å²) in [5, 5.41) is 15.0. The first-order valence-corrected chi connectivity index (χ1v) is 10.4. The highest BCUT2D eigenvalue weighted by Crippen LogP contribution is 2.16. The second-order valence-corrected chi connectivity index (χ2v) is 7.64. The minimum Gasteiger partial charge on any atom is -0.379 e. The van der Waals surface area contributed by atoms with Crippen molar-refractivity contribution < 1.29 is 9.13 Å². The largest absolute Gasteiger partial charge is 0.379 e. The van der Waals surface area contributed by atoms with Gasteiger partial charge in [-0.2, -0.15) is 0 Å². The molecule has 1 saturated heterocycles. The molecule has 172 valence electrons. The minimum atomic E-state index is -0.200. The molecule has 0 aliphatic carbocycles. The zero-order chi connectivity index (χ0) is 21.5. The van der Waals surface area contributed by atoms with Crippen molar-refractivity contribution in [3.05, 3.63) is 46.8 Å². The minimum absolute atomic E-state index is 0. The van der Waals surface area contributed by atoms with Gasteiger partial charge in [-0.1, -0.05) is 12.1 Å². The van der Waals surface area contributed by atoms with Crippen LogP contribution in [0.3, 0.4) is 0 Å². The van der Waals surface area contributed by atoms with Gasteiger partial charge in [-0.15, -0.1) is 34.2 Å². The molecule has 2 N–H and O–H groups in total. The monoisotopic (exact) mass is 545 g/mol. The van der Waals surface area contributed by atoms with Gasteiger partial charge in [-0.25, -0.2) is 9.38 Å². The fourth-order valence-corrected chi connectivity index (χ4v) is 3.22. The Hall–Kier alpha value is -1.79.